The van der Waals surface area contributed by atoms with Crippen molar-refractivity contribution in [2.24, 2.45) is 0 Å². The van der Waals surface area contributed by atoms with E-state index in [1.807, 2.05) is 0 Å². The van der Waals surface area contributed by atoms with Crippen LogP contribution in [0.5, 0.6) is 0 Å². The predicted molar refractivity (Wildman–Crippen MR) is 66.5 cm³/mol. The number of carbonyl (C=O) groups is 1. The monoisotopic (exact) mass is 297 g/mol. The summed E-state index contributed by atoms with van der Waals surface area (Å²) in [7, 11) is -3.83. The summed E-state index contributed by atoms with van der Waals surface area (Å²) in [6.45, 7) is 1.65. The van der Waals surface area contributed by atoms with Crippen LogP contribution in [0, 0.1) is 6.92 Å². The molecule has 8 nitrogen and oxygen atoms in total. The molecular formula is C11H11N3O5S. The summed E-state index contributed by atoms with van der Waals surface area (Å²) in [4.78, 5) is 14.3. The minimum absolute atomic E-state index is 0.0396. The van der Waals surface area contributed by atoms with Gasteiger partial charge in [-0.1, -0.05) is 5.16 Å². The third-order valence-corrected chi connectivity index (χ3v) is 3.70. The summed E-state index contributed by atoms with van der Waals surface area (Å²) < 4.78 is 30.9. The lowest BCUT2D eigenvalue weighted by Gasteiger charge is -2.04. The van der Waals surface area contributed by atoms with Crippen molar-refractivity contribution in [3.63, 3.8) is 0 Å². The van der Waals surface area contributed by atoms with E-state index in [9.17, 15) is 13.2 Å². The molecule has 0 saturated heterocycles. The number of hydrogen-bond acceptors (Lipinski definition) is 6. The number of rotatable bonds is 5. The molecule has 0 bridgehead atoms. The zero-order valence-corrected chi connectivity index (χ0v) is 11.2. The number of aromatic carboxylic acids is 1. The van der Waals surface area contributed by atoms with E-state index in [0.717, 1.165) is 12.3 Å². The number of carboxylic acid groups (broad SMARTS) is 1. The highest BCUT2D eigenvalue weighted by Gasteiger charge is 2.17. The highest BCUT2D eigenvalue weighted by atomic mass is 32.2. The van der Waals surface area contributed by atoms with Crippen LogP contribution in [0.4, 0.5) is 0 Å². The van der Waals surface area contributed by atoms with Crippen molar-refractivity contribution in [3.05, 3.63) is 41.4 Å². The summed E-state index contributed by atoms with van der Waals surface area (Å²) >= 11 is 0. The van der Waals surface area contributed by atoms with Crippen LogP contribution in [0.1, 0.15) is 21.8 Å². The molecular weight excluding hydrogens is 286 g/mol. The average Bonchev–Trinajstić information content (AvgIpc) is 2.82. The number of aryl methyl sites for hydroxylation is 1. The number of sulfonamides is 1. The van der Waals surface area contributed by atoms with E-state index in [-0.39, 0.29) is 17.1 Å². The normalized spacial score (nSPS) is 11.4. The minimum Gasteiger partial charge on any atom is -0.478 e. The number of hydrogen-bond donors (Lipinski definition) is 2. The SMILES string of the molecule is Cc1cc(CNS(=O)(=O)c2ccc(C(=O)O)cn2)no1. The van der Waals surface area contributed by atoms with Gasteiger partial charge in [0.1, 0.15) is 5.76 Å². The molecule has 2 heterocycles. The van der Waals surface area contributed by atoms with Crippen LogP contribution in [0.15, 0.2) is 33.9 Å². The molecule has 0 saturated carbocycles. The van der Waals surface area contributed by atoms with E-state index in [1.165, 1.54) is 6.07 Å². The van der Waals surface area contributed by atoms with Crippen molar-refractivity contribution in [1.82, 2.24) is 14.9 Å². The van der Waals surface area contributed by atoms with Crippen LogP contribution < -0.4 is 4.72 Å². The van der Waals surface area contributed by atoms with E-state index >= 15 is 0 Å². The molecule has 0 aliphatic heterocycles. The van der Waals surface area contributed by atoms with Gasteiger partial charge in [0, 0.05) is 12.3 Å². The van der Waals surface area contributed by atoms with Gasteiger partial charge < -0.3 is 9.63 Å². The maximum absolute atomic E-state index is 11.9. The summed E-state index contributed by atoms with van der Waals surface area (Å²) in [5, 5.41) is 12.1. The first-order valence-electron chi connectivity index (χ1n) is 5.50. The van der Waals surface area contributed by atoms with Gasteiger partial charge >= 0.3 is 5.97 Å². The maximum Gasteiger partial charge on any atom is 0.337 e. The fourth-order valence-electron chi connectivity index (χ4n) is 1.41. The van der Waals surface area contributed by atoms with Gasteiger partial charge in [-0.25, -0.2) is 22.9 Å². The molecule has 2 aromatic heterocycles. The first-order chi connectivity index (χ1) is 9.38. The van der Waals surface area contributed by atoms with Crippen LogP contribution in [-0.4, -0.2) is 29.6 Å². The largest absolute Gasteiger partial charge is 0.478 e. The molecule has 2 aromatic rings. The van der Waals surface area contributed by atoms with Crippen LogP contribution >= 0.6 is 0 Å². The number of nitrogens with one attached hydrogen (secondary N) is 1. The zero-order valence-electron chi connectivity index (χ0n) is 10.4. The first-order valence-corrected chi connectivity index (χ1v) is 6.98. The van der Waals surface area contributed by atoms with Crippen LogP contribution in [-0.2, 0) is 16.6 Å². The van der Waals surface area contributed by atoms with Crippen LogP contribution in [0.2, 0.25) is 0 Å². The van der Waals surface area contributed by atoms with Gasteiger partial charge in [0.25, 0.3) is 10.0 Å². The quantitative estimate of drug-likeness (QED) is 0.826. The Balaban J connectivity index is 2.11. The Labute approximate surface area is 114 Å². The molecule has 0 atom stereocenters. The Bertz CT molecular complexity index is 721. The maximum atomic E-state index is 11.9. The van der Waals surface area contributed by atoms with Gasteiger partial charge in [-0.15, -0.1) is 0 Å². The Morgan fingerprint density at radius 1 is 1.45 bits per heavy atom. The second-order valence-electron chi connectivity index (χ2n) is 3.94. The van der Waals surface area contributed by atoms with Gasteiger partial charge in [0.15, 0.2) is 5.03 Å². The Hall–Kier alpha value is -2.26. The minimum atomic E-state index is -3.83. The summed E-state index contributed by atoms with van der Waals surface area (Å²) in [6.07, 6.45) is 0.983. The van der Waals surface area contributed by atoms with Crippen LogP contribution in [0.3, 0.4) is 0 Å². The Morgan fingerprint density at radius 2 is 2.20 bits per heavy atom. The van der Waals surface area contributed by atoms with Gasteiger partial charge in [-0.2, -0.15) is 0 Å². The third-order valence-electron chi connectivity index (χ3n) is 2.38. The number of carboxylic acids is 1. The summed E-state index contributed by atoms with van der Waals surface area (Å²) in [5.74, 6) is -0.601. The topological polar surface area (TPSA) is 122 Å². The molecule has 0 amide bonds. The molecule has 0 spiro atoms. The lowest BCUT2D eigenvalue weighted by Crippen LogP contribution is -2.24. The van der Waals surface area contributed by atoms with Crippen molar-refractivity contribution >= 4 is 16.0 Å². The Morgan fingerprint density at radius 3 is 2.70 bits per heavy atom. The molecule has 20 heavy (non-hydrogen) atoms. The number of aromatic nitrogens is 2. The van der Waals surface area contributed by atoms with E-state index in [4.69, 9.17) is 9.63 Å². The van der Waals surface area contributed by atoms with Gasteiger partial charge in [-0.05, 0) is 19.1 Å². The predicted octanol–water partition coefficient (Wildman–Crippen LogP) is 0.555. The van der Waals surface area contributed by atoms with Gasteiger partial charge in [-0.3, -0.25) is 0 Å². The summed E-state index contributed by atoms with van der Waals surface area (Å²) in [6, 6.07) is 3.90. The molecule has 2 N–H and O–H groups in total. The third kappa shape index (κ3) is 3.19. The molecule has 0 aliphatic rings. The Kier molecular flexibility index (Phi) is 3.81. The molecule has 106 valence electrons. The van der Waals surface area contributed by atoms with E-state index in [0.29, 0.717) is 11.5 Å². The van der Waals surface area contributed by atoms with E-state index in [2.05, 4.69) is 14.9 Å². The smallest absolute Gasteiger partial charge is 0.337 e. The molecule has 9 heteroatoms. The van der Waals surface area contributed by atoms with Crippen molar-refractivity contribution < 1.29 is 22.8 Å². The van der Waals surface area contributed by atoms with Crippen molar-refractivity contribution in [3.8, 4) is 0 Å². The molecule has 0 radical (unpaired) electrons. The van der Waals surface area contributed by atoms with E-state index in [1.54, 1.807) is 13.0 Å². The first kappa shape index (κ1) is 14.2. The highest BCUT2D eigenvalue weighted by Crippen LogP contribution is 2.08. The van der Waals surface area contributed by atoms with Crippen molar-refractivity contribution in [2.45, 2.75) is 18.5 Å². The molecule has 0 aromatic carbocycles. The second-order valence-corrected chi connectivity index (χ2v) is 5.66. The second kappa shape index (κ2) is 5.39. The fraction of sp³-hybridized carbons (Fsp3) is 0.182. The number of nitrogens with zero attached hydrogens (tertiary/aromatic N) is 2. The van der Waals surface area contributed by atoms with Crippen molar-refractivity contribution in [1.29, 1.82) is 0 Å². The standard InChI is InChI=1S/C11H11N3O5S/c1-7-4-9(14-19-7)6-13-20(17,18)10-3-2-8(5-12-10)11(15)16/h2-5,13H,6H2,1H3,(H,15,16). The molecule has 2 rings (SSSR count). The fourth-order valence-corrected chi connectivity index (χ4v) is 2.33. The molecule has 0 fully saturated rings. The highest BCUT2D eigenvalue weighted by molar-refractivity contribution is 7.89. The lowest BCUT2D eigenvalue weighted by molar-refractivity contribution is 0.0696. The zero-order chi connectivity index (χ0) is 14.8. The molecule has 0 unspecified atom stereocenters. The van der Waals surface area contributed by atoms with E-state index < -0.39 is 16.0 Å². The van der Waals surface area contributed by atoms with Gasteiger partial charge in [0.05, 0.1) is 17.8 Å². The molecule has 0 aliphatic carbocycles. The van der Waals surface area contributed by atoms with Crippen molar-refractivity contribution in [2.75, 3.05) is 0 Å². The van der Waals surface area contributed by atoms with Gasteiger partial charge in [0.2, 0.25) is 0 Å². The average molecular weight is 297 g/mol. The van der Waals surface area contributed by atoms with Crippen LogP contribution in [0.25, 0.3) is 0 Å². The lowest BCUT2D eigenvalue weighted by atomic mass is 10.3. The summed E-state index contributed by atoms with van der Waals surface area (Å²) in [5.41, 5.74) is 0.351. The number of pyridine rings is 1.